The third-order valence-electron chi connectivity index (χ3n) is 4.50. The Balaban J connectivity index is 1.75. The lowest BCUT2D eigenvalue weighted by atomic mass is 10.2. The molecule has 3 N–H and O–H groups in total. The van der Waals surface area contributed by atoms with Gasteiger partial charge in [-0.25, -0.2) is 16.8 Å². The molecule has 0 heterocycles. The molecule has 3 rings (SSSR count). The van der Waals surface area contributed by atoms with Gasteiger partial charge < -0.3 is 14.8 Å². The SMILES string of the molecule is COc1ccc(OC)c(NS(=O)(=O)c2ccc(NC(=O)c3cccc(NS(C)(=O)=O)c3)cc2)c1. The van der Waals surface area contributed by atoms with Crippen molar-refractivity contribution < 1.29 is 31.1 Å². The zero-order valence-corrected chi connectivity index (χ0v) is 20.2. The summed E-state index contributed by atoms with van der Waals surface area (Å²) in [5.74, 6) is 0.278. The van der Waals surface area contributed by atoms with Crippen molar-refractivity contribution in [1.29, 1.82) is 0 Å². The predicted octanol–water partition coefficient (Wildman–Crippen LogP) is 3.13. The van der Waals surface area contributed by atoms with E-state index in [-0.39, 0.29) is 21.8 Å². The summed E-state index contributed by atoms with van der Waals surface area (Å²) in [6.45, 7) is 0. The molecule has 0 fully saturated rings. The molecule has 0 aliphatic heterocycles. The number of rotatable bonds is 9. The smallest absolute Gasteiger partial charge is 0.262 e. The number of sulfonamides is 2. The normalized spacial score (nSPS) is 11.4. The van der Waals surface area contributed by atoms with E-state index in [4.69, 9.17) is 9.47 Å². The number of hydrogen-bond acceptors (Lipinski definition) is 7. The van der Waals surface area contributed by atoms with E-state index >= 15 is 0 Å². The quantitative estimate of drug-likeness (QED) is 0.406. The maximum Gasteiger partial charge on any atom is 0.262 e. The molecule has 3 aromatic carbocycles. The van der Waals surface area contributed by atoms with Crippen LogP contribution in [0.2, 0.25) is 0 Å². The van der Waals surface area contributed by atoms with Gasteiger partial charge in [-0.1, -0.05) is 6.07 Å². The van der Waals surface area contributed by atoms with E-state index in [0.717, 1.165) is 6.26 Å². The van der Waals surface area contributed by atoms with Crippen LogP contribution >= 0.6 is 0 Å². The average molecular weight is 506 g/mol. The number of hydrogen-bond donors (Lipinski definition) is 3. The molecule has 180 valence electrons. The van der Waals surface area contributed by atoms with Gasteiger partial charge in [-0.2, -0.15) is 0 Å². The van der Waals surface area contributed by atoms with Crippen molar-refractivity contribution in [3.05, 3.63) is 72.3 Å². The first-order chi connectivity index (χ1) is 16.0. The summed E-state index contributed by atoms with van der Waals surface area (Å²) in [5.41, 5.74) is 1.03. The van der Waals surface area contributed by atoms with E-state index in [1.165, 1.54) is 68.8 Å². The Morgan fingerprint density at radius 1 is 0.794 bits per heavy atom. The lowest BCUT2D eigenvalue weighted by Crippen LogP contribution is -2.15. The van der Waals surface area contributed by atoms with Gasteiger partial charge in [0, 0.05) is 23.0 Å². The zero-order chi connectivity index (χ0) is 24.9. The molecule has 0 spiro atoms. The lowest BCUT2D eigenvalue weighted by molar-refractivity contribution is 0.102. The third kappa shape index (κ3) is 6.39. The third-order valence-corrected chi connectivity index (χ3v) is 6.49. The highest BCUT2D eigenvalue weighted by molar-refractivity contribution is 7.92. The van der Waals surface area contributed by atoms with Crippen molar-refractivity contribution in [2.75, 3.05) is 35.2 Å². The van der Waals surface area contributed by atoms with Gasteiger partial charge in [-0.15, -0.1) is 0 Å². The van der Waals surface area contributed by atoms with E-state index in [1.54, 1.807) is 12.1 Å². The van der Waals surface area contributed by atoms with E-state index < -0.39 is 26.0 Å². The second kappa shape index (κ2) is 10.0. The van der Waals surface area contributed by atoms with Crippen LogP contribution in [-0.4, -0.2) is 43.2 Å². The van der Waals surface area contributed by atoms with E-state index in [1.807, 2.05) is 0 Å². The second-order valence-electron chi connectivity index (χ2n) is 7.11. The lowest BCUT2D eigenvalue weighted by Gasteiger charge is -2.13. The van der Waals surface area contributed by atoms with Gasteiger partial charge in [0.15, 0.2) is 0 Å². The highest BCUT2D eigenvalue weighted by Gasteiger charge is 2.18. The first-order valence-electron chi connectivity index (χ1n) is 9.75. The summed E-state index contributed by atoms with van der Waals surface area (Å²) in [6, 6.07) is 16.2. The molecule has 1 amide bonds. The molecule has 0 bridgehead atoms. The van der Waals surface area contributed by atoms with Crippen LogP contribution in [0, 0.1) is 0 Å². The Morgan fingerprint density at radius 2 is 1.50 bits per heavy atom. The fraction of sp³-hybridized carbons (Fsp3) is 0.136. The van der Waals surface area contributed by atoms with Gasteiger partial charge >= 0.3 is 0 Å². The van der Waals surface area contributed by atoms with Crippen molar-refractivity contribution in [3.63, 3.8) is 0 Å². The summed E-state index contributed by atoms with van der Waals surface area (Å²) < 4.78 is 63.5. The van der Waals surface area contributed by atoms with Crippen LogP contribution in [0.5, 0.6) is 11.5 Å². The molecule has 34 heavy (non-hydrogen) atoms. The minimum atomic E-state index is -3.95. The van der Waals surface area contributed by atoms with Crippen LogP contribution in [0.1, 0.15) is 10.4 Å². The Labute approximate surface area is 198 Å². The number of carbonyl (C=O) groups is 1. The standard InChI is InChI=1S/C22H23N3O7S2/c1-31-18-9-12-21(32-2)20(14-18)25-34(29,30)19-10-7-16(8-11-19)23-22(26)15-5-4-6-17(13-15)24-33(3,27)28/h4-14,24-25H,1-3H3,(H,23,26). The molecule has 0 saturated carbocycles. The fourth-order valence-corrected chi connectivity index (χ4v) is 4.57. The summed E-state index contributed by atoms with van der Waals surface area (Å²) in [5, 5.41) is 2.64. The predicted molar refractivity (Wildman–Crippen MR) is 130 cm³/mol. The molecule has 0 radical (unpaired) electrons. The van der Waals surface area contributed by atoms with Crippen LogP contribution in [0.15, 0.2) is 71.6 Å². The summed E-state index contributed by atoms with van der Waals surface area (Å²) in [7, 11) is -4.56. The van der Waals surface area contributed by atoms with Crippen LogP contribution in [0.3, 0.4) is 0 Å². The van der Waals surface area contributed by atoms with Crippen molar-refractivity contribution in [2.24, 2.45) is 0 Å². The summed E-state index contributed by atoms with van der Waals surface area (Å²) in [4.78, 5) is 12.5. The van der Waals surface area contributed by atoms with E-state index in [0.29, 0.717) is 17.2 Å². The number of amides is 1. The number of nitrogens with one attached hydrogen (secondary N) is 3. The van der Waals surface area contributed by atoms with Crippen molar-refractivity contribution in [2.45, 2.75) is 4.90 Å². The van der Waals surface area contributed by atoms with Crippen LogP contribution < -0.4 is 24.2 Å². The van der Waals surface area contributed by atoms with Crippen molar-refractivity contribution in [1.82, 2.24) is 0 Å². The molecule has 3 aromatic rings. The highest BCUT2D eigenvalue weighted by Crippen LogP contribution is 2.31. The molecule has 12 heteroatoms. The Morgan fingerprint density at radius 3 is 2.12 bits per heavy atom. The Hall–Kier alpha value is -3.77. The molecular formula is C22H23N3O7S2. The molecule has 10 nitrogen and oxygen atoms in total. The van der Waals surface area contributed by atoms with Gasteiger partial charge in [-0.3, -0.25) is 14.2 Å². The van der Waals surface area contributed by atoms with Gasteiger partial charge in [0.05, 0.1) is 31.1 Å². The average Bonchev–Trinajstić information content (AvgIpc) is 2.78. The Kier molecular flexibility index (Phi) is 7.32. The summed E-state index contributed by atoms with van der Waals surface area (Å²) >= 11 is 0. The van der Waals surface area contributed by atoms with E-state index in [2.05, 4.69) is 14.8 Å². The van der Waals surface area contributed by atoms with E-state index in [9.17, 15) is 21.6 Å². The van der Waals surface area contributed by atoms with Gasteiger partial charge in [0.2, 0.25) is 10.0 Å². The second-order valence-corrected chi connectivity index (χ2v) is 10.5. The Bertz CT molecular complexity index is 1400. The molecular weight excluding hydrogens is 482 g/mol. The number of benzene rings is 3. The van der Waals surface area contributed by atoms with Crippen LogP contribution in [0.4, 0.5) is 17.1 Å². The van der Waals surface area contributed by atoms with Crippen molar-refractivity contribution >= 4 is 43.0 Å². The monoisotopic (exact) mass is 505 g/mol. The topological polar surface area (TPSA) is 140 Å². The molecule has 0 atom stereocenters. The molecule has 0 unspecified atom stereocenters. The molecule has 0 aliphatic carbocycles. The number of ether oxygens (including phenoxy) is 2. The first kappa shape index (κ1) is 24.9. The van der Waals surface area contributed by atoms with Crippen LogP contribution in [0.25, 0.3) is 0 Å². The van der Waals surface area contributed by atoms with Gasteiger partial charge in [-0.05, 0) is 54.6 Å². The first-order valence-corrected chi connectivity index (χ1v) is 13.1. The molecule has 0 aromatic heterocycles. The molecule has 0 saturated heterocycles. The van der Waals surface area contributed by atoms with Gasteiger partial charge in [0.25, 0.3) is 15.9 Å². The number of carbonyl (C=O) groups excluding carboxylic acids is 1. The van der Waals surface area contributed by atoms with Gasteiger partial charge in [0.1, 0.15) is 11.5 Å². The number of methoxy groups -OCH3 is 2. The number of anilines is 3. The van der Waals surface area contributed by atoms with Crippen LogP contribution in [-0.2, 0) is 20.0 Å². The largest absolute Gasteiger partial charge is 0.497 e. The minimum absolute atomic E-state index is 0.0327. The summed E-state index contributed by atoms with van der Waals surface area (Å²) in [6.07, 6.45) is 1.01. The zero-order valence-electron chi connectivity index (χ0n) is 18.5. The highest BCUT2D eigenvalue weighted by atomic mass is 32.2. The fourth-order valence-electron chi connectivity index (χ4n) is 2.96. The maximum absolute atomic E-state index is 12.8. The minimum Gasteiger partial charge on any atom is -0.497 e. The van der Waals surface area contributed by atoms with Crippen molar-refractivity contribution in [3.8, 4) is 11.5 Å². The maximum atomic E-state index is 12.8. The molecule has 0 aliphatic rings.